The van der Waals surface area contributed by atoms with E-state index in [0.29, 0.717) is 0 Å². The van der Waals surface area contributed by atoms with Crippen molar-refractivity contribution in [1.29, 1.82) is 0 Å². The Morgan fingerprint density at radius 2 is 1.92 bits per heavy atom. The smallest absolute Gasteiger partial charge is 0.243 e. The molecule has 0 aliphatic carbocycles. The van der Waals surface area contributed by atoms with E-state index in [1.807, 2.05) is 0 Å². The van der Waals surface area contributed by atoms with Gasteiger partial charge in [0.1, 0.15) is 5.41 Å². The van der Waals surface area contributed by atoms with Crippen molar-refractivity contribution in [3.8, 4) is 0 Å². The van der Waals surface area contributed by atoms with Crippen molar-refractivity contribution in [2.75, 3.05) is 7.05 Å². The zero-order valence-electron chi connectivity index (χ0n) is 7.17. The fourth-order valence-electron chi connectivity index (χ4n) is 0.946. The number of nitrogens with one attached hydrogen (secondary N) is 1. The highest BCUT2D eigenvalue weighted by Crippen LogP contribution is 2.21. The number of thiocarbonyl (C=S) groups is 1. The minimum absolute atomic E-state index is 0.171. The van der Waals surface area contributed by atoms with Crippen LogP contribution in [0.25, 0.3) is 0 Å². The molecule has 0 spiro atoms. The lowest BCUT2D eigenvalue weighted by atomic mass is 9.89. The summed E-state index contributed by atoms with van der Waals surface area (Å²) >= 11 is 4.76. The first-order valence-corrected chi connectivity index (χ1v) is 3.92. The minimum Gasteiger partial charge on any atom is -0.302 e. The molecule has 0 aromatic rings. The summed E-state index contributed by atoms with van der Waals surface area (Å²) in [6, 6.07) is 0. The van der Waals surface area contributed by atoms with Crippen LogP contribution >= 0.6 is 12.2 Å². The van der Waals surface area contributed by atoms with E-state index in [1.54, 1.807) is 20.9 Å². The number of nitrogens with zero attached hydrogens (tertiary/aromatic N) is 1. The molecule has 1 heterocycles. The Balaban J connectivity index is 3.04. The Morgan fingerprint density at radius 3 is 2.42 bits per heavy atom. The Morgan fingerprint density at radius 1 is 1.42 bits per heavy atom. The summed E-state index contributed by atoms with van der Waals surface area (Å²) in [7, 11) is 1.55. The van der Waals surface area contributed by atoms with Gasteiger partial charge >= 0.3 is 0 Å². The van der Waals surface area contributed by atoms with E-state index >= 15 is 0 Å². The molecule has 0 unspecified atom stereocenters. The van der Waals surface area contributed by atoms with Crippen LogP contribution in [-0.2, 0) is 9.59 Å². The summed E-state index contributed by atoms with van der Waals surface area (Å²) in [6.07, 6.45) is 0. The summed E-state index contributed by atoms with van der Waals surface area (Å²) in [5, 5.41) is 2.62. The highest BCUT2D eigenvalue weighted by atomic mass is 32.1. The maximum atomic E-state index is 11.4. The van der Waals surface area contributed by atoms with E-state index in [2.05, 4.69) is 5.32 Å². The van der Waals surface area contributed by atoms with E-state index < -0.39 is 5.41 Å². The molecule has 0 atom stereocenters. The van der Waals surface area contributed by atoms with Crippen LogP contribution in [0.15, 0.2) is 0 Å². The van der Waals surface area contributed by atoms with E-state index in [-0.39, 0.29) is 16.9 Å². The van der Waals surface area contributed by atoms with Crippen LogP contribution in [0.1, 0.15) is 13.8 Å². The van der Waals surface area contributed by atoms with Gasteiger partial charge in [0.15, 0.2) is 5.11 Å². The lowest BCUT2D eigenvalue weighted by molar-refractivity contribution is -0.146. The predicted octanol–water partition coefficient (Wildman–Crippen LogP) is -0.114. The van der Waals surface area contributed by atoms with Crippen molar-refractivity contribution in [1.82, 2.24) is 10.2 Å². The summed E-state index contributed by atoms with van der Waals surface area (Å²) in [4.78, 5) is 24.0. The number of hydrogen-bond acceptors (Lipinski definition) is 3. The van der Waals surface area contributed by atoms with Gasteiger partial charge < -0.3 is 5.32 Å². The Kier molecular flexibility index (Phi) is 1.91. The van der Waals surface area contributed by atoms with Crippen LogP contribution < -0.4 is 5.32 Å². The van der Waals surface area contributed by atoms with Gasteiger partial charge in [-0.3, -0.25) is 14.5 Å². The van der Waals surface area contributed by atoms with Crippen LogP contribution in [0, 0.1) is 5.41 Å². The van der Waals surface area contributed by atoms with Gasteiger partial charge in [-0.15, -0.1) is 0 Å². The molecular formula is C7H10N2O2S. The van der Waals surface area contributed by atoms with Gasteiger partial charge in [0.2, 0.25) is 11.8 Å². The van der Waals surface area contributed by atoms with Gasteiger partial charge in [0.05, 0.1) is 0 Å². The molecule has 12 heavy (non-hydrogen) atoms. The van der Waals surface area contributed by atoms with Gasteiger partial charge in [-0.25, -0.2) is 0 Å². The Labute approximate surface area is 75.9 Å². The first-order chi connectivity index (χ1) is 5.37. The molecule has 1 aliphatic heterocycles. The van der Waals surface area contributed by atoms with Crippen molar-refractivity contribution >= 4 is 29.1 Å². The van der Waals surface area contributed by atoms with Crippen molar-refractivity contribution in [3.05, 3.63) is 0 Å². The standard InChI is InChI=1S/C7H10N2O2S/c1-7(2)4(10)8-6(12)9(3)5(7)11/h1-3H3,(H,8,10,12). The third-order valence-corrected chi connectivity index (χ3v) is 2.31. The molecule has 1 saturated heterocycles. The van der Waals surface area contributed by atoms with Crippen molar-refractivity contribution in [3.63, 3.8) is 0 Å². The summed E-state index contributed by atoms with van der Waals surface area (Å²) < 4.78 is 0. The zero-order chi connectivity index (χ0) is 9.52. The van der Waals surface area contributed by atoms with Crippen LogP contribution in [0.3, 0.4) is 0 Å². The second-order valence-electron chi connectivity index (χ2n) is 3.25. The Bertz CT molecular complexity index is 273. The molecular weight excluding hydrogens is 176 g/mol. The van der Waals surface area contributed by atoms with Crippen molar-refractivity contribution < 1.29 is 9.59 Å². The zero-order valence-corrected chi connectivity index (χ0v) is 7.99. The van der Waals surface area contributed by atoms with E-state index in [9.17, 15) is 9.59 Å². The van der Waals surface area contributed by atoms with Gasteiger partial charge in [0.25, 0.3) is 0 Å². The third kappa shape index (κ3) is 1.10. The minimum atomic E-state index is -1.00. The van der Waals surface area contributed by atoms with E-state index in [1.165, 1.54) is 4.90 Å². The van der Waals surface area contributed by atoms with Crippen molar-refractivity contribution in [2.45, 2.75) is 13.8 Å². The molecule has 0 bridgehead atoms. The number of carbonyl (C=O) groups is 2. The fraction of sp³-hybridized carbons (Fsp3) is 0.571. The number of amides is 2. The summed E-state index contributed by atoms with van der Waals surface area (Å²) in [5.41, 5.74) is -1.00. The number of rotatable bonds is 0. The van der Waals surface area contributed by atoms with Crippen LogP contribution in [0.5, 0.6) is 0 Å². The molecule has 1 fully saturated rings. The average Bonchev–Trinajstić information content (AvgIpc) is 1.99. The SMILES string of the molecule is CN1C(=O)C(C)(C)C(=O)NC1=S. The third-order valence-electron chi connectivity index (χ3n) is 1.93. The lowest BCUT2D eigenvalue weighted by Gasteiger charge is -2.34. The number of carbonyl (C=O) groups excluding carboxylic acids is 2. The highest BCUT2D eigenvalue weighted by Gasteiger charge is 2.43. The van der Waals surface area contributed by atoms with E-state index in [4.69, 9.17) is 12.2 Å². The molecule has 5 heteroatoms. The van der Waals surface area contributed by atoms with E-state index in [0.717, 1.165) is 0 Å². The molecule has 1 N–H and O–H groups in total. The highest BCUT2D eigenvalue weighted by molar-refractivity contribution is 7.80. The molecule has 0 aromatic heterocycles. The monoisotopic (exact) mass is 186 g/mol. The van der Waals surface area contributed by atoms with Crippen molar-refractivity contribution in [2.24, 2.45) is 5.41 Å². The largest absolute Gasteiger partial charge is 0.302 e. The maximum Gasteiger partial charge on any atom is 0.243 e. The van der Waals surface area contributed by atoms with Gasteiger partial charge in [-0.05, 0) is 26.1 Å². The quantitative estimate of drug-likeness (QED) is 0.424. The molecule has 0 radical (unpaired) electrons. The normalized spacial score (nSPS) is 22.6. The molecule has 0 aromatic carbocycles. The molecule has 0 saturated carbocycles. The molecule has 4 nitrogen and oxygen atoms in total. The predicted molar refractivity (Wildman–Crippen MR) is 47.3 cm³/mol. The fourth-order valence-corrected chi connectivity index (χ4v) is 1.12. The molecule has 1 aliphatic rings. The summed E-state index contributed by atoms with van der Waals surface area (Å²) in [5.74, 6) is -0.605. The lowest BCUT2D eigenvalue weighted by Crippen LogP contribution is -2.60. The maximum absolute atomic E-state index is 11.4. The number of hydrogen-bond donors (Lipinski definition) is 1. The van der Waals surface area contributed by atoms with Crippen LogP contribution in [0.4, 0.5) is 0 Å². The Hall–Kier alpha value is -0.970. The van der Waals surface area contributed by atoms with Gasteiger partial charge in [-0.1, -0.05) is 0 Å². The average molecular weight is 186 g/mol. The molecule has 2 amide bonds. The van der Waals surface area contributed by atoms with Gasteiger partial charge in [-0.2, -0.15) is 0 Å². The second-order valence-corrected chi connectivity index (χ2v) is 3.64. The van der Waals surface area contributed by atoms with Crippen LogP contribution in [0.2, 0.25) is 0 Å². The second kappa shape index (κ2) is 2.52. The van der Waals surface area contributed by atoms with Crippen LogP contribution in [-0.4, -0.2) is 28.9 Å². The van der Waals surface area contributed by atoms with Gasteiger partial charge in [0, 0.05) is 7.05 Å². The molecule has 1 rings (SSSR count). The first kappa shape index (κ1) is 9.12. The topological polar surface area (TPSA) is 49.4 Å². The summed E-state index contributed by atoms with van der Waals surface area (Å²) in [6.45, 7) is 3.14. The first-order valence-electron chi connectivity index (χ1n) is 3.51. The molecule has 66 valence electrons.